The molecule has 13 heavy (non-hydrogen) atoms. The molecule has 1 heterocycles. The topological polar surface area (TPSA) is 30.0 Å². The minimum atomic E-state index is 0.0650. The zero-order chi connectivity index (χ0) is 9.84. The van der Waals surface area contributed by atoms with Gasteiger partial charge >= 0.3 is 0 Å². The Morgan fingerprint density at radius 2 is 2.31 bits per heavy atom. The van der Waals surface area contributed by atoms with Gasteiger partial charge in [0.15, 0.2) is 5.78 Å². The van der Waals surface area contributed by atoms with Crippen LogP contribution in [-0.2, 0) is 4.79 Å². The lowest BCUT2D eigenvalue weighted by molar-refractivity contribution is -0.117. The van der Waals surface area contributed by atoms with Gasteiger partial charge in [-0.25, -0.2) is 4.98 Å². The number of ketones is 1. The van der Waals surface area contributed by atoms with E-state index in [1.54, 1.807) is 29.0 Å². The second-order valence-corrected chi connectivity index (χ2v) is 4.24. The Hall–Kier alpha value is -0.960. The monoisotopic (exact) mass is 195 g/mol. The summed E-state index contributed by atoms with van der Waals surface area (Å²) in [6.45, 7) is 5.78. The summed E-state index contributed by atoms with van der Waals surface area (Å²) in [5.41, 5.74) is 2.69. The molecule has 70 valence electrons. The van der Waals surface area contributed by atoms with Gasteiger partial charge in [-0.1, -0.05) is 13.8 Å². The fourth-order valence-corrected chi connectivity index (χ4v) is 1.39. The molecule has 3 heteroatoms. The zero-order valence-electron chi connectivity index (χ0n) is 8.07. The molecule has 0 saturated heterocycles. The zero-order valence-corrected chi connectivity index (χ0v) is 8.89. The molecular weight excluding hydrogens is 182 g/mol. The molecule has 0 saturated carbocycles. The van der Waals surface area contributed by atoms with E-state index in [-0.39, 0.29) is 11.7 Å². The minimum absolute atomic E-state index is 0.0650. The first-order chi connectivity index (χ1) is 6.11. The predicted molar refractivity (Wildman–Crippen MR) is 55.7 cm³/mol. The number of nitrogens with zero attached hydrogens (tertiary/aromatic N) is 1. The highest BCUT2D eigenvalue weighted by molar-refractivity contribution is 7.09. The van der Waals surface area contributed by atoms with Crippen molar-refractivity contribution in [3.63, 3.8) is 0 Å². The molecule has 1 aromatic rings. The molecule has 1 rings (SSSR count). The summed E-state index contributed by atoms with van der Waals surface area (Å²) in [5.74, 6) is 0.211. The van der Waals surface area contributed by atoms with Gasteiger partial charge in [0.25, 0.3) is 0 Å². The molecule has 0 atom stereocenters. The quantitative estimate of drug-likeness (QED) is 0.694. The average Bonchev–Trinajstić information content (AvgIpc) is 2.47. The molecule has 0 unspecified atom stereocenters. The average molecular weight is 195 g/mol. The van der Waals surface area contributed by atoms with Gasteiger partial charge in [0.05, 0.1) is 11.2 Å². The van der Waals surface area contributed by atoms with E-state index in [0.29, 0.717) is 0 Å². The van der Waals surface area contributed by atoms with Crippen LogP contribution in [0.1, 0.15) is 24.4 Å². The highest BCUT2D eigenvalue weighted by Crippen LogP contribution is 2.12. The van der Waals surface area contributed by atoms with Crippen LogP contribution in [0.2, 0.25) is 0 Å². The molecule has 2 nitrogen and oxygen atoms in total. The summed E-state index contributed by atoms with van der Waals surface area (Å²) in [6, 6.07) is 0. The molecule has 0 spiro atoms. The largest absolute Gasteiger partial charge is 0.295 e. The Kier molecular flexibility index (Phi) is 3.37. The smallest absolute Gasteiger partial charge is 0.158 e. The summed E-state index contributed by atoms with van der Waals surface area (Å²) in [6.07, 6.45) is 3.39. The molecule has 0 amide bonds. The van der Waals surface area contributed by atoms with Crippen LogP contribution in [0.3, 0.4) is 0 Å². The number of rotatable bonds is 3. The van der Waals surface area contributed by atoms with Crippen molar-refractivity contribution in [3.8, 4) is 0 Å². The third-order valence-corrected chi connectivity index (χ3v) is 2.53. The molecule has 0 aliphatic rings. The lowest BCUT2D eigenvalue weighted by atomic mass is 10.1. The molecule has 0 aliphatic carbocycles. The van der Waals surface area contributed by atoms with Gasteiger partial charge in [0.1, 0.15) is 0 Å². The highest BCUT2D eigenvalue weighted by Gasteiger charge is 2.02. The second kappa shape index (κ2) is 4.33. The maximum Gasteiger partial charge on any atom is 0.158 e. The summed E-state index contributed by atoms with van der Waals surface area (Å²) in [4.78, 5) is 16.5. The van der Waals surface area contributed by atoms with Crippen LogP contribution in [0.15, 0.2) is 11.6 Å². The fourth-order valence-electron chi connectivity index (χ4n) is 0.827. The number of hydrogen-bond acceptors (Lipinski definition) is 3. The Bertz CT molecular complexity index is 325. The van der Waals surface area contributed by atoms with Crippen LogP contribution >= 0.6 is 11.3 Å². The molecule has 0 aliphatic heterocycles. The van der Waals surface area contributed by atoms with Gasteiger partial charge < -0.3 is 0 Å². The van der Waals surface area contributed by atoms with E-state index in [0.717, 1.165) is 10.6 Å². The number of thiazole rings is 1. The van der Waals surface area contributed by atoms with Crippen molar-refractivity contribution >= 4 is 23.2 Å². The Morgan fingerprint density at radius 3 is 2.77 bits per heavy atom. The second-order valence-electron chi connectivity index (χ2n) is 3.18. The molecule has 0 fully saturated rings. The summed E-state index contributed by atoms with van der Waals surface area (Å²) >= 11 is 1.59. The van der Waals surface area contributed by atoms with Crippen molar-refractivity contribution in [1.29, 1.82) is 0 Å². The number of carbonyl (C=O) groups excluding carboxylic acids is 1. The summed E-state index contributed by atoms with van der Waals surface area (Å²) in [7, 11) is 0. The molecular formula is C10H13NOS. The van der Waals surface area contributed by atoms with E-state index in [9.17, 15) is 4.79 Å². The molecule has 0 aromatic carbocycles. The summed E-state index contributed by atoms with van der Waals surface area (Å²) < 4.78 is 0. The van der Waals surface area contributed by atoms with Crippen LogP contribution in [0, 0.1) is 12.8 Å². The van der Waals surface area contributed by atoms with Crippen LogP contribution in [0.25, 0.3) is 6.08 Å². The van der Waals surface area contributed by atoms with Crippen molar-refractivity contribution in [2.75, 3.05) is 0 Å². The Balaban J connectivity index is 2.69. The van der Waals surface area contributed by atoms with E-state index in [4.69, 9.17) is 0 Å². The first-order valence-corrected chi connectivity index (χ1v) is 5.11. The first kappa shape index (κ1) is 10.1. The maximum absolute atomic E-state index is 11.2. The number of allylic oxidation sites excluding steroid dienone is 1. The van der Waals surface area contributed by atoms with Gasteiger partial charge in [-0.05, 0) is 19.1 Å². The van der Waals surface area contributed by atoms with Gasteiger partial charge in [-0.15, -0.1) is 11.3 Å². The Labute approximate surface area is 82.3 Å². The number of hydrogen-bond donors (Lipinski definition) is 0. The van der Waals surface area contributed by atoms with Crippen molar-refractivity contribution in [3.05, 3.63) is 22.2 Å². The molecule has 0 radical (unpaired) electrons. The lowest BCUT2D eigenvalue weighted by Crippen LogP contribution is -2.01. The molecule has 0 bridgehead atoms. The predicted octanol–water partition coefficient (Wildman–Crippen LogP) is 2.69. The number of aryl methyl sites for hydroxylation is 1. The van der Waals surface area contributed by atoms with E-state index < -0.39 is 0 Å². The SMILES string of the molecule is Cc1scnc1C=CC(=O)C(C)C. The number of aromatic nitrogens is 1. The van der Waals surface area contributed by atoms with Crippen molar-refractivity contribution < 1.29 is 4.79 Å². The van der Waals surface area contributed by atoms with Gasteiger partial charge in [-0.3, -0.25) is 4.79 Å². The molecule has 1 aromatic heterocycles. The van der Waals surface area contributed by atoms with Gasteiger partial charge in [0.2, 0.25) is 0 Å². The minimum Gasteiger partial charge on any atom is -0.295 e. The summed E-state index contributed by atoms with van der Waals surface area (Å²) in [5, 5.41) is 0. The van der Waals surface area contributed by atoms with E-state index in [1.165, 1.54) is 0 Å². The van der Waals surface area contributed by atoms with Gasteiger partial charge in [0, 0.05) is 10.8 Å². The van der Waals surface area contributed by atoms with E-state index in [1.807, 2.05) is 20.8 Å². The third-order valence-electron chi connectivity index (χ3n) is 1.76. The van der Waals surface area contributed by atoms with Crippen molar-refractivity contribution in [2.45, 2.75) is 20.8 Å². The Morgan fingerprint density at radius 1 is 1.62 bits per heavy atom. The van der Waals surface area contributed by atoms with Crippen LogP contribution in [-0.4, -0.2) is 10.8 Å². The van der Waals surface area contributed by atoms with Crippen molar-refractivity contribution in [2.24, 2.45) is 5.92 Å². The number of carbonyl (C=O) groups is 1. The first-order valence-electron chi connectivity index (χ1n) is 4.23. The molecule has 0 N–H and O–H groups in total. The normalized spacial score (nSPS) is 11.4. The van der Waals surface area contributed by atoms with Crippen LogP contribution < -0.4 is 0 Å². The maximum atomic E-state index is 11.2. The van der Waals surface area contributed by atoms with E-state index >= 15 is 0 Å². The van der Waals surface area contributed by atoms with Crippen LogP contribution in [0.4, 0.5) is 0 Å². The lowest BCUT2D eigenvalue weighted by Gasteiger charge is -1.95. The van der Waals surface area contributed by atoms with Crippen molar-refractivity contribution in [1.82, 2.24) is 4.98 Å². The highest BCUT2D eigenvalue weighted by atomic mass is 32.1. The standard InChI is InChI=1S/C10H13NOS/c1-7(2)10(12)5-4-9-8(3)13-6-11-9/h4-7H,1-3H3. The van der Waals surface area contributed by atoms with Gasteiger partial charge in [-0.2, -0.15) is 0 Å². The third kappa shape index (κ3) is 2.77. The van der Waals surface area contributed by atoms with Crippen LogP contribution in [0.5, 0.6) is 0 Å². The fraction of sp³-hybridized carbons (Fsp3) is 0.400. The van der Waals surface area contributed by atoms with E-state index in [2.05, 4.69) is 4.98 Å².